The molecule has 2 aliphatic carbocycles. The van der Waals surface area contributed by atoms with Crippen molar-refractivity contribution in [3.8, 4) is 23.1 Å². The number of ketones is 1. The van der Waals surface area contributed by atoms with Crippen LogP contribution in [-0.4, -0.2) is 32.8 Å². The lowest BCUT2D eigenvalue weighted by molar-refractivity contribution is 0.0849. The Bertz CT molecular complexity index is 1280. The van der Waals surface area contributed by atoms with Gasteiger partial charge in [-0.2, -0.15) is 4.98 Å². The number of aromatic nitrogens is 4. The van der Waals surface area contributed by atoms with Crippen molar-refractivity contribution in [2.45, 2.75) is 64.9 Å². The van der Waals surface area contributed by atoms with Crippen LogP contribution in [0.15, 0.2) is 42.7 Å². The molecule has 2 aromatic heterocycles. The summed E-state index contributed by atoms with van der Waals surface area (Å²) < 4.78 is 11.7. The van der Waals surface area contributed by atoms with E-state index in [1.165, 1.54) is 17.5 Å². The van der Waals surface area contributed by atoms with Crippen LogP contribution in [-0.2, 0) is 6.61 Å². The van der Waals surface area contributed by atoms with Crippen molar-refractivity contribution < 1.29 is 14.3 Å². The molecule has 0 spiro atoms. The van der Waals surface area contributed by atoms with E-state index in [-0.39, 0.29) is 11.7 Å². The van der Waals surface area contributed by atoms with E-state index in [4.69, 9.17) is 14.5 Å². The van der Waals surface area contributed by atoms with E-state index in [9.17, 15) is 4.79 Å². The van der Waals surface area contributed by atoms with Gasteiger partial charge in [0.15, 0.2) is 11.6 Å². The number of hydrogen-bond donors (Lipinski definition) is 0. The predicted octanol–water partition coefficient (Wildman–Crippen LogP) is 6.19. The highest BCUT2D eigenvalue weighted by Crippen LogP contribution is 2.45. The molecule has 2 saturated carbocycles. The van der Waals surface area contributed by atoms with Gasteiger partial charge < -0.3 is 9.47 Å². The molecule has 2 heterocycles. The summed E-state index contributed by atoms with van der Waals surface area (Å²) in [4.78, 5) is 31.4. The number of methoxy groups -OCH3 is 1. The van der Waals surface area contributed by atoms with Gasteiger partial charge in [0, 0.05) is 17.9 Å². The van der Waals surface area contributed by atoms with E-state index >= 15 is 0 Å². The van der Waals surface area contributed by atoms with Crippen LogP contribution in [0, 0.1) is 5.92 Å². The number of ether oxygens (including phenoxy) is 2. The summed E-state index contributed by atoms with van der Waals surface area (Å²) in [5.41, 5.74) is 5.37. The van der Waals surface area contributed by atoms with Gasteiger partial charge in [0.2, 0.25) is 11.8 Å². The van der Waals surface area contributed by atoms with Gasteiger partial charge in [-0.3, -0.25) is 4.79 Å². The van der Waals surface area contributed by atoms with Crippen molar-refractivity contribution in [1.29, 1.82) is 0 Å². The molecule has 0 N–H and O–H groups in total. The smallest absolute Gasteiger partial charge is 0.227 e. The Kier molecular flexibility index (Phi) is 7.07. The molecule has 1 aromatic carbocycles. The number of nitrogens with zero attached hydrogens (tertiary/aromatic N) is 4. The third-order valence-electron chi connectivity index (χ3n) is 6.96. The Morgan fingerprint density at radius 3 is 2.50 bits per heavy atom. The Labute approximate surface area is 212 Å². The van der Waals surface area contributed by atoms with Crippen molar-refractivity contribution in [2.24, 2.45) is 5.92 Å². The summed E-state index contributed by atoms with van der Waals surface area (Å²) >= 11 is 0. The quantitative estimate of drug-likeness (QED) is 0.317. The Hall–Kier alpha value is -3.61. The van der Waals surface area contributed by atoms with Gasteiger partial charge in [0.25, 0.3) is 0 Å². The highest BCUT2D eigenvalue weighted by Gasteiger charge is 2.33. The van der Waals surface area contributed by atoms with Crippen LogP contribution in [0.3, 0.4) is 0 Å². The summed E-state index contributed by atoms with van der Waals surface area (Å²) in [6.07, 6.45) is 9.72. The normalized spacial score (nSPS) is 15.9. The maximum absolute atomic E-state index is 13.2. The topological polar surface area (TPSA) is 87.1 Å². The summed E-state index contributed by atoms with van der Waals surface area (Å²) in [7, 11) is 1.57. The van der Waals surface area contributed by atoms with Crippen molar-refractivity contribution in [3.63, 3.8) is 0 Å². The molecule has 0 unspecified atom stereocenters. The fourth-order valence-corrected chi connectivity index (χ4v) is 4.48. The lowest BCUT2D eigenvalue weighted by Gasteiger charge is -2.23. The van der Waals surface area contributed by atoms with Gasteiger partial charge in [-0.1, -0.05) is 43.7 Å². The van der Waals surface area contributed by atoms with Crippen LogP contribution in [0.25, 0.3) is 17.0 Å². The number of benzene rings is 1. The standard InChI is InChI=1S/C29H32N4O3/c1-4-6-18(2)20-11-9-19(10-12-20)16-36-24-15-23(27(34)22-7-5-8-22)32-28(33-24)25-26(21-13-14-21)30-17-31-29(25)35-3/h6,9-12,15,17,21-22H,4-5,7-8,13-14,16H2,1-3H3/b18-6-. The Balaban J connectivity index is 1.46. The molecule has 0 bridgehead atoms. The summed E-state index contributed by atoms with van der Waals surface area (Å²) in [6.45, 7) is 4.59. The largest absolute Gasteiger partial charge is 0.480 e. The second kappa shape index (κ2) is 10.6. The van der Waals surface area contributed by atoms with Crippen LogP contribution in [0.4, 0.5) is 0 Å². The summed E-state index contributed by atoms with van der Waals surface area (Å²) in [5, 5.41) is 0. The van der Waals surface area contributed by atoms with Gasteiger partial charge in [-0.15, -0.1) is 0 Å². The first-order valence-electron chi connectivity index (χ1n) is 12.8. The molecular weight excluding hydrogens is 452 g/mol. The van der Waals surface area contributed by atoms with Crippen molar-refractivity contribution in [1.82, 2.24) is 19.9 Å². The zero-order valence-electron chi connectivity index (χ0n) is 21.2. The highest BCUT2D eigenvalue weighted by atomic mass is 16.5. The average Bonchev–Trinajstić information content (AvgIpc) is 3.72. The number of allylic oxidation sites excluding steroid dienone is 2. The van der Waals surface area contributed by atoms with Gasteiger partial charge in [-0.05, 0) is 55.7 Å². The molecule has 36 heavy (non-hydrogen) atoms. The predicted molar refractivity (Wildman–Crippen MR) is 138 cm³/mol. The Morgan fingerprint density at radius 2 is 1.86 bits per heavy atom. The van der Waals surface area contributed by atoms with Gasteiger partial charge in [0.05, 0.1) is 12.8 Å². The minimum absolute atomic E-state index is 0.0179. The maximum Gasteiger partial charge on any atom is 0.227 e. The first-order valence-corrected chi connectivity index (χ1v) is 12.8. The van der Waals surface area contributed by atoms with E-state index in [1.54, 1.807) is 13.2 Å². The lowest BCUT2D eigenvalue weighted by atomic mass is 9.81. The molecular formula is C29H32N4O3. The zero-order chi connectivity index (χ0) is 25.1. The summed E-state index contributed by atoms with van der Waals surface area (Å²) in [6, 6.07) is 9.99. The van der Waals surface area contributed by atoms with Crippen molar-refractivity contribution >= 4 is 11.4 Å². The number of carbonyl (C=O) groups is 1. The van der Waals surface area contributed by atoms with E-state index in [1.807, 2.05) is 0 Å². The number of hydrogen-bond acceptors (Lipinski definition) is 7. The van der Waals surface area contributed by atoms with Gasteiger partial charge in [0.1, 0.15) is 24.2 Å². The summed E-state index contributed by atoms with van der Waals surface area (Å²) in [5.74, 6) is 1.55. The van der Waals surface area contributed by atoms with E-state index in [2.05, 4.69) is 59.1 Å². The number of carbonyl (C=O) groups excluding carboxylic acids is 1. The van der Waals surface area contributed by atoms with Crippen molar-refractivity contribution in [2.75, 3.05) is 7.11 Å². The minimum atomic E-state index is 0.0179. The fourth-order valence-electron chi connectivity index (χ4n) is 4.48. The molecule has 7 heteroatoms. The minimum Gasteiger partial charge on any atom is -0.480 e. The molecule has 2 fully saturated rings. The van der Waals surface area contributed by atoms with Crippen LogP contribution in [0.1, 0.15) is 85.6 Å². The molecule has 186 valence electrons. The molecule has 5 rings (SSSR count). The van der Waals surface area contributed by atoms with E-state index < -0.39 is 0 Å². The number of Topliss-reactive ketones (excluding diaryl/α,β-unsaturated/α-hetero) is 1. The molecule has 0 radical (unpaired) electrons. The molecule has 7 nitrogen and oxygen atoms in total. The third kappa shape index (κ3) is 5.15. The molecule has 0 saturated heterocycles. The second-order valence-electron chi connectivity index (χ2n) is 9.61. The van der Waals surface area contributed by atoms with Crippen LogP contribution in [0.5, 0.6) is 11.8 Å². The van der Waals surface area contributed by atoms with Crippen LogP contribution >= 0.6 is 0 Å². The third-order valence-corrected chi connectivity index (χ3v) is 6.96. The molecule has 0 amide bonds. The van der Waals surface area contributed by atoms with Crippen LogP contribution in [0.2, 0.25) is 0 Å². The van der Waals surface area contributed by atoms with Crippen molar-refractivity contribution in [3.05, 3.63) is 65.2 Å². The first-order chi connectivity index (χ1) is 17.6. The molecule has 0 aliphatic heterocycles. The molecule has 2 aliphatic rings. The molecule has 3 aromatic rings. The number of rotatable bonds is 10. The Morgan fingerprint density at radius 1 is 1.08 bits per heavy atom. The lowest BCUT2D eigenvalue weighted by Crippen LogP contribution is -2.23. The fraction of sp³-hybridized carbons (Fsp3) is 0.414. The highest BCUT2D eigenvalue weighted by molar-refractivity contribution is 5.97. The maximum atomic E-state index is 13.2. The first kappa shape index (κ1) is 24.1. The van der Waals surface area contributed by atoms with E-state index in [0.29, 0.717) is 41.4 Å². The molecule has 0 atom stereocenters. The zero-order valence-corrected chi connectivity index (χ0v) is 21.2. The second-order valence-corrected chi connectivity index (χ2v) is 9.61. The van der Waals surface area contributed by atoms with E-state index in [0.717, 1.165) is 49.8 Å². The van der Waals surface area contributed by atoms with Gasteiger partial charge in [-0.25, -0.2) is 15.0 Å². The SMILES string of the molecule is CC/C=C(/C)c1ccc(COc2cc(C(=O)C3CCC3)nc(-c3c(OC)ncnc3C3CC3)n2)cc1. The van der Waals surface area contributed by atoms with Gasteiger partial charge >= 0.3 is 0 Å². The average molecular weight is 485 g/mol. The monoisotopic (exact) mass is 484 g/mol. The van der Waals surface area contributed by atoms with Crippen LogP contribution < -0.4 is 9.47 Å².